The smallest absolute Gasteiger partial charge is 0.168 e. The molecule has 2 aromatic rings. The molecule has 2 aromatic carbocycles. The molecule has 1 heterocycles. The van der Waals surface area contributed by atoms with Gasteiger partial charge in [-0.3, -0.25) is 0 Å². The molecule has 5 heteroatoms. The third kappa shape index (κ3) is 3.68. The number of nitrogens with one attached hydrogen (secondary N) is 1. The molecule has 1 aliphatic heterocycles. The lowest BCUT2D eigenvalue weighted by Crippen LogP contribution is -2.53. The van der Waals surface area contributed by atoms with Gasteiger partial charge in [0.15, 0.2) is 11.5 Å². The first-order valence-corrected chi connectivity index (χ1v) is 9.24. The summed E-state index contributed by atoms with van der Waals surface area (Å²) < 4.78 is 12.4. The largest absolute Gasteiger partial charge is 0.493 e. The minimum atomic E-state index is -0.717. The maximum Gasteiger partial charge on any atom is 0.168 e. The molecule has 0 aromatic heterocycles. The number of aliphatic hydroxyl groups excluding tert-OH is 1. The maximum atomic E-state index is 10.9. The Kier molecular flexibility index (Phi) is 5.37. The standard InChI is InChI=1S/C20H24BrNO3/c1-20(2)19(23)17(22-12-11-13-7-5-4-6-8-13)16-14(21)9-10-15(24-3)18(16)25-20/h4-10,17,19,22-23H,11-12H2,1-3H3. The lowest BCUT2D eigenvalue weighted by molar-refractivity contribution is -0.0658. The van der Waals surface area contributed by atoms with Crippen molar-refractivity contribution in [3.8, 4) is 11.5 Å². The molecule has 0 radical (unpaired) electrons. The van der Waals surface area contributed by atoms with E-state index in [2.05, 4.69) is 33.4 Å². The molecule has 0 aliphatic carbocycles. The van der Waals surface area contributed by atoms with Gasteiger partial charge in [-0.1, -0.05) is 46.3 Å². The first-order chi connectivity index (χ1) is 11.9. The SMILES string of the molecule is COc1ccc(Br)c2c1OC(C)(C)C(O)C2NCCc1ccccc1. The highest BCUT2D eigenvalue weighted by molar-refractivity contribution is 9.10. The van der Waals surface area contributed by atoms with E-state index < -0.39 is 11.7 Å². The number of rotatable bonds is 5. The summed E-state index contributed by atoms with van der Waals surface area (Å²) in [5.41, 5.74) is 1.45. The topological polar surface area (TPSA) is 50.7 Å². The Balaban J connectivity index is 1.87. The van der Waals surface area contributed by atoms with Crippen LogP contribution in [0.3, 0.4) is 0 Å². The van der Waals surface area contributed by atoms with Gasteiger partial charge in [0.25, 0.3) is 0 Å². The molecule has 2 unspecified atom stereocenters. The molecular weight excluding hydrogens is 382 g/mol. The van der Waals surface area contributed by atoms with E-state index in [1.807, 2.05) is 44.2 Å². The fraction of sp³-hybridized carbons (Fsp3) is 0.400. The molecule has 1 aliphatic rings. The van der Waals surface area contributed by atoms with Crippen LogP contribution in [0.1, 0.15) is 31.0 Å². The molecule has 0 fully saturated rings. The second kappa shape index (κ2) is 7.36. The van der Waals surface area contributed by atoms with Crippen LogP contribution in [-0.4, -0.2) is 30.5 Å². The summed E-state index contributed by atoms with van der Waals surface area (Å²) in [7, 11) is 1.63. The van der Waals surface area contributed by atoms with E-state index in [0.29, 0.717) is 11.5 Å². The fourth-order valence-electron chi connectivity index (χ4n) is 3.22. The molecule has 4 nitrogen and oxygen atoms in total. The zero-order valence-electron chi connectivity index (χ0n) is 14.8. The first kappa shape index (κ1) is 18.2. The van der Waals surface area contributed by atoms with Crippen LogP contribution in [0.2, 0.25) is 0 Å². The van der Waals surface area contributed by atoms with Gasteiger partial charge in [-0.25, -0.2) is 0 Å². The van der Waals surface area contributed by atoms with E-state index in [4.69, 9.17) is 9.47 Å². The molecule has 134 valence electrons. The average Bonchev–Trinajstić information content (AvgIpc) is 2.59. The lowest BCUT2D eigenvalue weighted by atomic mass is 9.86. The van der Waals surface area contributed by atoms with Gasteiger partial charge in [-0.05, 0) is 44.5 Å². The molecule has 0 spiro atoms. The van der Waals surface area contributed by atoms with E-state index in [9.17, 15) is 5.11 Å². The minimum Gasteiger partial charge on any atom is -0.493 e. The number of fused-ring (bicyclic) bond motifs is 1. The normalized spacial score (nSPS) is 21.3. The monoisotopic (exact) mass is 405 g/mol. The molecule has 0 bridgehead atoms. The molecule has 0 amide bonds. The molecule has 0 saturated carbocycles. The van der Waals surface area contributed by atoms with Crippen LogP contribution >= 0.6 is 15.9 Å². The van der Waals surface area contributed by atoms with Crippen LogP contribution in [0, 0.1) is 0 Å². The number of benzene rings is 2. The highest BCUT2D eigenvalue weighted by atomic mass is 79.9. The van der Waals surface area contributed by atoms with Crippen molar-refractivity contribution in [1.82, 2.24) is 5.32 Å². The number of methoxy groups -OCH3 is 1. The predicted octanol–water partition coefficient (Wildman–Crippen LogP) is 3.86. The zero-order valence-corrected chi connectivity index (χ0v) is 16.3. The van der Waals surface area contributed by atoms with Gasteiger partial charge in [0.05, 0.1) is 13.2 Å². The Bertz CT molecular complexity index is 733. The van der Waals surface area contributed by atoms with Gasteiger partial charge in [0, 0.05) is 10.0 Å². The van der Waals surface area contributed by atoms with Crippen molar-refractivity contribution in [1.29, 1.82) is 0 Å². The Morgan fingerprint density at radius 3 is 2.60 bits per heavy atom. The summed E-state index contributed by atoms with van der Waals surface area (Å²) >= 11 is 3.60. The Hall–Kier alpha value is -1.56. The van der Waals surface area contributed by atoms with E-state index >= 15 is 0 Å². The molecule has 25 heavy (non-hydrogen) atoms. The average molecular weight is 406 g/mol. The van der Waals surface area contributed by atoms with Crippen molar-refractivity contribution in [2.45, 2.75) is 38.0 Å². The number of hydrogen-bond acceptors (Lipinski definition) is 4. The van der Waals surface area contributed by atoms with Crippen molar-refractivity contribution >= 4 is 15.9 Å². The van der Waals surface area contributed by atoms with Crippen LogP contribution in [0.5, 0.6) is 11.5 Å². The van der Waals surface area contributed by atoms with Gasteiger partial charge >= 0.3 is 0 Å². The maximum absolute atomic E-state index is 10.9. The van der Waals surface area contributed by atoms with Gasteiger partial charge in [-0.2, -0.15) is 0 Å². The fourth-order valence-corrected chi connectivity index (χ4v) is 3.78. The van der Waals surface area contributed by atoms with Crippen LogP contribution < -0.4 is 14.8 Å². The quantitative estimate of drug-likeness (QED) is 0.792. The van der Waals surface area contributed by atoms with Gasteiger partial charge in [0.2, 0.25) is 0 Å². The summed E-state index contributed by atoms with van der Waals surface area (Å²) in [5.74, 6) is 1.36. The third-order valence-corrected chi connectivity index (χ3v) is 5.34. The molecule has 0 saturated heterocycles. The van der Waals surface area contributed by atoms with Crippen molar-refractivity contribution in [3.05, 3.63) is 58.1 Å². The highest BCUT2D eigenvalue weighted by Gasteiger charge is 2.44. The number of halogens is 1. The summed E-state index contributed by atoms with van der Waals surface area (Å²) in [6, 6.07) is 13.9. The van der Waals surface area contributed by atoms with E-state index in [0.717, 1.165) is 23.0 Å². The van der Waals surface area contributed by atoms with Crippen molar-refractivity contribution in [2.24, 2.45) is 0 Å². The van der Waals surface area contributed by atoms with Crippen LogP contribution in [-0.2, 0) is 6.42 Å². The van der Waals surface area contributed by atoms with Gasteiger partial charge in [0.1, 0.15) is 11.7 Å². The summed E-state index contributed by atoms with van der Waals surface area (Å²) in [4.78, 5) is 0. The lowest BCUT2D eigenvalue weighted by Gasteiger charge is -2.43. The van der Waals surface area contributed by atoms with Gasteiger partial charge < -0.3 is 19.9 Å². The minimum absolute atomic E-state index is 0.244. The Labute approximate surface area is 157 Å². The molecular formula is C20H24BrNO3. The van der Waals surface area contributed by atoms with E-state index in [-0.39, 0.29) is 6.04 Å². The van der Waals surface area contributed by atoms with Crippen LogP contribution in [0.25, 0.3) is 0 Å². The van der Waals surface area contributed by atoms with Crippen LogP contribution in [0.4, 0.5) is 0 Å². The van der Waals surface area contributed by atoms with Gasteiger partial charge in [-0.15, -0.1) is 0 Å². The molecule has 2 N–H and O–H groups in total. The summed E-state index contributed by atoms with van der Waals surface area (Å²) in [6.07, 6.45) is 0.210. The predicted molar refractivity (Wildman–Crippen MR) is 102 cm³/mol. The van der Waals surface area contributed by atoms with E-state index in [1.54, 1.807) is 7.11 Å². The van der Waals surface area contributed by atoms with E-state index in [1.165, 1.54) is 5.56 Å². The van der Waals surface area contributed by atoms with Crippen molar-refractivity contribution in [3.63, 3.8) is 0 Å². The highest BCUT2D eigenvalue weighted by Crippen LogP contribution is 2.48. The summed E-state index contributed by atoms with van der Waals surface area (Å²) in [5, 5.41) is 14.4. The van der Waals surface area contributed by atoms with Crippen molar-refractivity contribution in [2.75, 3.05) is 13.7 Å². The Morgan fingerprint density at radius 2 is 1.92 bits per heavy atom. The first-order valence-electron chi connectivity index (χ1n) is 8.45. The second-order valence-corrected chi connectivity index (χ2v) is 7.66. The summed E-state index contributed by atoms with van der Waals surface area (Å²) in [6.45, 7) is 4.55. The Morgan fingerprint density at radius 1 is 1.20 bits per heavy atom. The zero-order chi connectivity index (χ0) is 18.0. The second-order valence-electron chi connectivity index (χ2n) is 6.81. The number of hydrogen-bond donors (Lipinski definition) is 2. The van der Waals surface area contributed by atoms with Crippen molar-refractivity contribution < 1.29 is 14.6 Å². The molecule has 2 atom stereocenters. The number of aliphatic hydroxyl groups is 1. The molecule has 3 rings (SSSR count). The number of ether oxygens (including phenoxy) is 2. The third-order valence-electron chi connectivity index (χ3n) is 4.65. The van der Waals surface area contributed by atoms with Crippen LogP contribution in [0.15, 0.2) is 46.9 Å².